The average molecular weight is 298 g/mol. The number of halogens is 2. The summed E-state index contributed by atoms with van der Waals surface area (Å²) in [4.78, 5) is 0. The predicted molar refractivity (Wildman–Crippen MR) is 81.1 cm³/mol. The number of nitrogens with zero attached hydrogens (tertiary/aromatic N) is 2. The van der Waals surface area contributed by atoms with Crippen molar-refractivity contribution in [1.82, 2.24) is 9.78 Å². The highest BCUT2D eigenvalue weighted by Gasteiger charge is 2.09. The minimum absolute atomic E-state index is 0.138. The van der Waals surface area contributed by atoms with Crippen LogP contribution < -0.4 is 5.32 Å². The van der Waals surface area contributed by atoms with E-state index in [1.807, 2.05) is 35.3 Å². The Kier molecular flexibility index (Phi) is 4.38. The quantitative estimate of drug-likeness (QED) is 0.866. The van der Waals surface area contributed by atoms with Crippen molar-refractivity contribution in [3.05, 3.63) is 46.2 Å². The van der Waals surface area contributed by atoms with Gasteiger partial charge in [0.15, 0.2) is 0 Å². The Morgan fingerprint density at radius 2 is 1.89 bits per heavy atom. The van der Waals surface area contributed by atoms with E-state index in [4.69, 9.17) is 23.2 Å². The summed E-state index contributed by atoms with van der Waals surface area (Å²) in [6.45, 7) is 6.27. The van der Waals surface area contributed by atoms with E-state index >= 15 is 0 Å². The van der Waals surface area contributed by atoms with Crippen LogP contribution in [-0.2, 0) is 0 Å². The van der Waals surface area contributed by atoms with Gasteiger partial charge in [-0.25, -0.2) is 0 Å². The van der Waals surface area contributed by atoms with Crippen LogP contribution >= 0.6 is 23.2 Å². The van der Waals surface area contributed by atoms with Crippen LogP contribution in [0.25, 0.3) is 0 Å². The lowest BCUT2D eigenvalue weighted by atomic mass is 10.1. The summed E-state index contributed by atoms with van der Waals surface area (Å²) in [5, 5.41) is 8.85. The summed E-state index contributed by atoms with van der Waals surface area (Å²) in [5.41, 5.74) is 2.08. The van der Waals surface area contributed by atoms with Gasteiger partial charge in [0.25, 0.3) is 0 Å². The Bertz CT molecular complexity index is 564. The fraction of sp³-hybridized carbons (Fsp3) is 0.357. The molecular weight excluding hydrogens is 281 g/mol. The zero-order chi connectivity index (χ0) is 14.0. The molecule has 3 nitrogen and oxygen atoms in total. The second-order valence-electron chi connectivity index (χ2n) is 4.84. The third-order valence-electron chi connectivity index (χ3n) is 2.96. The van der Waals surface area contributed by atoms with Gasteiger partial charge in [-0.2, -0.15) is 5.10 Å². The molecule has 102 valence electrons. The average Bonchev–Trinajstić information content (AvgIpc) is 2.81. The van der Waals surface area contributed by atoms with Crippen molar-refractivity contribution in [1.29, 1.82) is 0 Å². The van der Waals surface area contributed by atoms with E-state index in [0.717, 1.165) is 11.3 Å². The molecule has 19 heavy (non-hydrogen) atoms. The first-order valence-electron chi connectivity index (χ1n) is 6.23. The normalized spacial score (nSPS) is 12.7. The number of rotatable bonds is 4. The lowest BCUT2D eigenvalue weighted by Gasteiger charge is -2.14. The van der Waals surface area contributed by atoms with E-state index in [2.05, 4.69) is 31.2 Å². The van der Waals surface area contributed by atoms with Crippen LogP contribution in [0.2, 0.25) is 10.0 Å². The lowest BCUT2D eigenvalue weighted by Crippen LogP contribution is -2.06. The molecule has 1 N–H and O–H groups in total. The molecule has 0 aliphatic heterocycles. The summed E-state index contributed by atoms with van der Waals surface area (Å²) < 4.78 is 1.92. The smallest absolute Gasteiger partial charge is 0.0731 e. The SMILES string of the molecule is CC(Nc1cnn(C(C)C)c1)c1ccc(Cl)c(Cl)c1. The Labute approximate surface area is 123 Å². The molecule has 0 radical (unpaired) electrons. The number of benzene rings is 1. The zero-order valence-electron chi connectivity index (χ0n) is 11.2. The highest BCUT2D eigenvalue weighted by molar-refractivity contribution is 6.42. The van der Waals surface area contributed by atoms with Gasteiger partial charge in [-0.15, -0.1) is 0 Å². The second kappa shape index (κ2) is 5.85. The van der Waals surface area contributed by atoms with Gasteiger partial charge in [0, 0.05) is 18.3 Å². The van der Waals surface area contributed by atoms with Crippen LogP contribution in [0.5, 0.6) is 0 Å². The summed E-state index contributed by atoms with van der Waals surface area (Å²) in [5.74, 6) is 0. The molecule has 0 aliphatic rings. The summed E-state index contributed by atoms with van der Waals surface area (Å²) >= 11 is 11.9. The molecule has 1 aromatic heterocycles. The van der Waals surface area contributed by atoms with E-state index < -0.39 is 0 Å². The van der Waals surface area contributed by atoms with E-state index in [-0.39, 0.29) is 6.04 Å². The third-order valence-corrected chi connectivity index (χ3v) is 3.70. The van der Waals surface area contributed by atoms with E-state index in [1.54, 1.807) is 0 Å². The van der Waals surface area contributed by atoms with E-state index in [9.17, 15) is 0 Å². The first kappa shape index (κ1) is 14.2. The highest BCUT2D eigenvalue weighted by atomic mass is 35.5. The molecule has 5 heteroatoms. The van der Waals surface area contributed by atoms with Gasteiger partial charge >= 0.3 is 0 Å². The van der Waals surface area contributed by atoms with Gasteiger partial charge in [0.1, 0.15) is 0 Å². The first-order chi connectivity index (χ1) is 8.97. The molecule has 0 aliphatic carbocycles. The van der Waals surface area contributed by atoms with Crippen molar-refractivity contribution >= 4 is 28.9 Å². The maximum absolute atomic E-state index is 6.03. The predicted octanol–water partition coefficient (Wildman–Crippen LogP) is 4.94. The van der Waals surface area contributed by atoms with Crippen molar-refractivity contribution in [2.75, 3.05) is 5.32 Å². The van der Waals surface area contributed by atoms with Crippen LogP contribution in [0.1, 0.15) is 38.4 Å². The molecule has 2 rings (SSSR count). The maximum Gasteiger partial charge on any atom is 0.0731 e. The first-order valence-corrected chi connectivity index (χ1v) is 6.98. The van der Waals surface area contributed by atoms with Gasteiger partial charge in [-0.1, -0.05) is 29.3 Å². The van der Waals surface area contributed by atoms with Crippen molar-refractivity contribution in [2.45, 2.75) is 32.9 Å². The van der Waals surface area contributed by atoms with Crippen LogP contribution in [0.15, 0.2) is 30.6 Å². The molecule has 2 aromatic rings. The molecule has 1 heterocycles. The van der Waals surface area contributed by atoms with Gasteiger partial charge in [0.05, 0.1) is 21.9 Å². The van der Waals surface area contributed by atoms with E-state index in [1.165, 1.54) is 0 Å². The highest BCUT2D eigenvalue weighted by Crippen LogP contribution is 2.27. The molecule has 1 unspecified atom stereocenters. The number of nitrogens with one attached hydrogen (secondary N) is 1. The molecule has 1 atom stereocenters. The standard InChI is InChI=1S/C14H17Cl2N3/c1-9(2)19-8-12(7-17-19)18-10(3)11-4-5-13(15)14(16)6-11/h4-10,18H,1-3H3. The number of anilines is 1. The van der Waals surface area contributed by atoms with E-state index in [0.29, 0.717) is 16.1 Å². The molecule has 0 fully saturated rings. The number of aromatic nitrogens is 2. The molecule has 1 aromatic carbocycles. The second-order valence-corrected chi connectivity index (χ2v) is 5.66. The van der Waals surface area contributed by atoms with Crippen molar-refractivity contribution < 1.29 is 0 Å². The van der Waals surface area contributed by atoms with Crippen LogP contribution in [0.4, 0.5) is 5.69 Å². The molecule has 0 saturated heterocycles. The minimum Gasteiger partial charge on any atom is -0.376 e. The maximum atomic E-state index is 6.03. The van der Waals surface area contributed by atoms with Crippen molar-refractivity contribution in [2.24, 2.45) is 0 Å². The molecule has 0 bridgehead atoms. The summed E-state index contributed by atoms with van der Waals surface area (Å²) in [6, 6.07) is 6.16. The third kappa shape index (κ3) is 3.43. The largest absolute Gasteiger partial charge is 0.376 e. The van der Waals surface area contributed by atoms with Gasteiger partial charge < -0.3 is 5.32 Å². The molecule has 0 spiro atoms. The molecule has 0 amide bonds. The molecule has 0 saturated carbocycles. The molecular formula is C14H17Cl2N3. The van der Waals surface area contributed by atoms with Crippen LogP contribution in [0.3, 0.4) is 0 Å². The fourth-order valence-corrected chi connectivity index (χ4v) is 2.12. The lowest BCUT2D eigenvalue weighted by molar-refractivity contribution is 0.532. The zero-order valence-corrected chi connectivity index (χ0v) is 12.7. The fourth-order valence-electron chi connectivity index (χ4n) is 1.81. The summed E-state index contributed by atoms with van der Waals surface area (Å²) in [6.07, 6.45) is 3.83. The Balaban J connectivity index is 2.11. The summed E-state index contributed by atoms with van der Waals surface area (Å²) in [7, 11) is 0. The number of hydrogen-bond donors (Lipinski definition) is 1. The van der Waals surface area contributed by atoms with Crippen LogP contribution in [0, 0.1) is 0 Å². The van der Waals surface area contributed by atoms with Gasteiger partial charge in [-0.3, -0.25) is 4.68 Å². The Hall–Kier alpha value is -1.19. The van der Waals surface area contributed by atoms with Crippen LogP contribution in [-0.4, -0.2) is 9.78 Å². The topological polar surface area (TPSA) is 29.9 Å². The Morgan fingerprint density at radius 3 is 2.47 bits per heavy atom. The van der Waals surface area contributed by atoms with Crippen molar-refractivity contribution in [3.63, 3.8) is 0 Å². The minimum atomic E-state index is 0.138. The Morgan fingerprint density at radius 1 is 1.16 bits per heavy atom. The van der Waals surface area contributed by atoms with Gasteiger partial charge in [-0.05, 0) is 38.5 Å². The van der Waals surface area contributed by atoms with Gasteiger partial charge in [0.2, 0.25) is 0 Å². The number of hydrogen-bond acceptors (Lipinski definition) is 2. The van der Waals surface area contributed by atoms with Crippen molar-refractivity contribution in [3.8, 4) is 0 Å². The monoisotopic (exact) mass is 297 g/mol.